The van der Waals surface area contributed by atoms with Gasteiger partial charge < -0.3 is 5.32 Å². The van der Waals surface area contributed by atoms with Crippen LogP contribution < -0.4 is 5.32 Å². The first kappa shape index (κ1) is 23.0. The molecule has 0 radical (unpaired) electrons. The van der Waals surface area contributed by atoms with Crippen LogP contribution in [0.4, 0.5) is 0 Å². The van der Waals surface area contributed by atoms with E-state index in [-0.39, 0.29) is 16.8 Å². The number of nitrogens with zero attached hydrogens (tertiary/aromatic N) is 2. The van der Waals surface area contributed by atoms with Crippen LogP contribution >= 0.6 is 0 Å². The Morgan fingerprint density at radius 3 is 2.28 bits per heavy atom. The van der Waals surface area contributed by atoms with Crippen molar-refractivity contribution in [3.8, 4) is 0 Å². The van der Waals surface area contributed by atoms with Crippen molar-refractivity contribution in [2.45, 2.75) is 50.0 Å². The van der Waals surface area contributed by atoms with E-state index in [0.29, 0.717) is 25.2 Å². The second kappa shape index (κ2) is 10.1. The average molecular weight is 456 g/mol. The minimum Gasteiger partial charge on any atom is -0.350 e. The Hall–Kier alpha value is -2.22. The topological polar surface area (TPSA) is 69.7 Å². The number of carbonyl (C=O) groups excluding carboxylic acids is 1. The number of amides is 1. The Labute approximate surface area is 191 Å². The van der Waals surface area contributed by atoms with Gasteiger partial charge in [0.25, 0.3) is 5.91 Å². The molecule has 0 spiro atoms. The molecule has 32 heavy (non-hydrogen) atoms. The van der Waals surface area contributed by atoms with E-state index in [9.17, 15) is 13.2 Å². The molecule has 0 bridgehead atoms. The fourth-order valence-electron chi connectivity index (χ4n) is 4.64. The van der Waals surface area contributed by atoms with E-state index in [0.717, 1.165) is 32.4 Å². The number of carbonyl (C=O) groups is 1. The number of hydrogen-bond acceptors (Lipinski definition) is 4. The van der Waals surface area contributed by atoms with Crippen LogP contribution in [0.3, 0.4) is 0 Å². The lowest BCUT2D eigenvalue weighted by Crippen LogP contribution is -2.37. The summed E-state index contributed by atoms with van der Waals surface area (Å²) in [6, 6.07) is 15.0. The predicted molar refractivity (Wildman–Crippen MR) is 126 cm³/mol. The third-order valence-corrected chi connectivity index (χ3v) is 8.44. The van der Waals surface area contributed by atoms with Crippen LogP contribution in [-0.4, -0.2) is 56.3 Å². The van der Waals surface area contributed by atoms with Crippen molar-refractivity contribution in [2.24, 2.45) is 0 Å². The van der Waals surface area contributed by atoms with Gasteiger partial charge in [0.05, 0.1) is 10.9 Å². The maximum atomic E-state index is 13.0. The molecular formula is C25H33N3O3S. The summed E-state index contributed by atoms with van der Waals surface area (Å²) >= 11 is 0. The smallest absolute Gasteiger partial charge is 0.251 e. The third kappa shape index (κ3) is 5.22. The van der Waals surface area contributed by atoms with Crippen molar-refractivity contribution >= 4 is 15.9 Å². The molecule has 0 saturated carbocycles. The molecule has 1 unspecified atom stereocenters. The van der Waals surface area contributed by atoms with Crippen LogP contribution in [-0.2, 0) is 10.0 Å². The molecule has 2 saturated heterocycles. The first-order valence-corrected chi connectivity index (χ1v) is 13.1. The standard InChI is InChI=1S/C25H33N3O3S/c1-20-10-12-21(13-11-20)24(27-14-5-6-15-27)19-26-25(29)22-8-7-9-23(18-22)32(30,31)28-16-3-2-4-17-28/h7-13,18,24H,2-6,14-17,19H2,1H3,(H,26,29). The van der Waals surface area contributed by atoms with Crippen molar-refractivity contribution in [1.29, 1.82) is 0 Å². The van der Waals surface area contributed by atoms with Gasteiger partial charge in [-0.3, -0.25) is 9.69 Å². The maximum absolute atomic E-state index is 13.0. The number of aryl methyl sites for hydroxylation is 1. The van der Waals surface area contributed by atoms with Gasteiger partial charge in [0.1, 0.15) is 0 Å². The van der Waals surface area contributed by atoms with E-state index in [1.54, 1.807) is 18.2 Å². The van der Waals surface area contributed by atoms with E-state index >= 15 is 0 Å². The van der Waals surface area contributed by atoms with Crippen LogP contribution in [0, 0.1) is 6.92 Å². The number of likely N-dealkylation sites (tertiary alicyclic amines) is 1. The molecule has 0 aliphatic carbocycles. The van der Waals surface area contributed by atoms with E-state index in [4.69, 9.17) is 0 Å². The summed E-state index contributed by atoms with van der Waals surface area (Å²) in [7, 11) is -3.56. The summed E-state index contributed by atoms with van der Waals surface area (Å²) in [5.74, 6) is -0.239. The first-order valence-electron chi connectivity index (χ1n) is 11.6. The van der Waals surface area contributed by atoms with Crippen molar-refractivity contribution in [1.82, 2.24) is 14.5 Å². The minimum atomic E-state index is -3.56. The lowest BCUT2D eigenvalue weighted by Gasteiger charge is -2.28. The Balaban J connectivity index is 1.48. The number of benzene rings is 2. The SMILES string of the molecule is Cc1ccc(C(CNC(=O)c2cccc(S(=O)(=O)N3CCCCC3)c2)N2CCCC2)cc1. The van der Waals surface area contributed by atoms with Crippen LogP contribution in [0.2, 0.25) is 0 Å². The molecule has 0 aromatic heterocycles. The van der Waals surface area contributed by atoms with E-state index in [1.807, 2.05) is 0 Å². The molecular weight excluding hydrogens is 422 g/mol. The number of rotatable bonds is 7. The van der Waals surface area contributed by atoms with Gasteiger partial charge in [0.15, 0.2) is 0 Å². The van der Waals surface area contributed by atoms with Crippen molar-refractivity contribution < 1.29 is 13.2 Å². The second-order valence-corrected chi connectivity index (χ2v) is 10.8. The lowest BCUT2D eigenvalue weighted by molar-refractivity contribution is 0.0937. The Bertz CT molecular complexity index is 1020. The Morgan fingerprint density at radius 1 is 0.938 bits per heavy atom. The summed E-state index contributed by atoms with van der Waals surface area (Å²) in [5.41, 5.74) is 2.79. The summed E-state index contributed by atoms with van der Waals surface area (Å²) in [5, 5.41) is 3.06. The fraction of sp³-hybridized carbons (Fsp3) is 0.480. The molecule has 2 fully saturated rings. The largest absolute Gasteiger partial charge is 0.350 e. The zero-order chi connectivity index (χ0) is 22.6. The van der Waals surface area contributed by atoms with Gasteiger partial charge in [0, 0.05) is 25.2 Å². The van der Waals surface area contributed by atoms with Crippen molar-refractivity contribution in [3.63, 3.8) is 0 Å². The predicted octanol–water partition coefficient (Wildman–Crippen LogP) is 3.74. The fourth-order valence-corrected chi connectivity index (χ4v) is 6.21. The molecule has 1 atom stereocenters. The molecule has 6 nitrogen and oxygen atoms in total. The quantitative estimate of drug-likeness (QED) is 0.691. The summed E-state index contributed by atoms with van der Waals surface area (Å²) in [6.45, 7) is 5.71. The number of nitrogens with one attached hydrogen (secondary N) is 1. The second-order valence-electron chi connectivity index (χ2n) is 8.87. The molecule has 2 aromatic rings. The van der Waals surface area contributed by atoms with Gasteiger partial charge in [-0.05, 0) is 69.5 Å². The van der Waals surface area contributed by atoms with Crippen LogP contribution in [0.5, 0.6) is 0 Å². The highest BCUT2D eigenvalue weighted by molar-refractivity contribution is 7.89. The molecule has 7 heteroatoms. The van der Waals surface area contributed by atoms with Gasteiger partial charge in [-0.1, -0.05) is 42.3 Å². The van der Waals surface area contributed by atoms with Gasteiger partial charge in [-0.15, -0.1) is 0 Å². The van der Waals surface area contributed by atoms with Gasteiger partial charge in [-0.2, -0.15) is 4.31 Å². The van der Waals surface area contributed by atoms with Crippen LogP contribution in [0.1, 0.15) is 59.6 Å². The molecule has 1 amide bonds. The van der Waals surface area contributed by atoms with E-state index in [2.05, 4.69) is 41.4 Å². The monoisotopic (exact) mass is 455 g/mol. The lowest BCUT2D eigenvalue weighted by atomic mass is 10.0. The maximum Gasteiger partial charge on any atom is 0.251 e. The summed E-state index contributed by atoms with van der Waals surface area (Å²) < 4.78 is 27.5. The summed E-state index contributed by atoms with van der Waals surface area (Å²) in [4.78, 5) is 15.6. The molecule has 1 N–H and O–H groups in total. The third-order valence-electron chi connectivity index (χ3n) is 6.55. The average Bonchev–Trinajstić information content (AvgIpc) is 3.35. The number of hydrogen-bond donors (Lipinski definition) is 1. The van der Waals surface area contributed by atoms with Gasteiger partial charge >= 0.3 is 0 Å². The van der Waals surface area contributed by atoms with Crippen molar-refractivity contribution in [3.05, 3.63) is 65.2 Å². The molecule has 2 aromatic carbocycles. The van der Waals surface area contributed by atoms with Gasteiger partial charge in [-0.25, -0.2) is 8.42 Å². The van der Waals surface area contributed by atoms with Crippen LogP contribution in [0.15, 0.2) is 53.4 Å². The molecule has 2 heterocycles. The van der Waals surface area contributed by atoms with Crippen molar-refractivity contribution in [2.75, 3.05) is 32.7 Å². The minimum absolute atomic E-state index is 0.113. The first-order chi connectivity index (χ1) is 15.4. The molecule has 2 aliphatic rings. The highest BCUT2D eigenvalue weighted by Crippen LogP contribution is 2.25. The normalized spacial score (nSPS) is 19.0. The molecule has 2 aliphatic heterocycles. The molecule has 172 valence electrons. The van der Waals surface area contributed by atoms with E-state index in [1.165, 1.54) is 34.3 Å². The highest BCUT2D eigenvalue weighted by Gasteiger charge is 2.27. The highest BCUT2D eigenvalue weighted by atomic mass is 32.2. The Morgan fingerprint density at radius 2 is 1.59 bits per heavy atom. The van der Waals surface area contributed by atoms with Gasteiger partial charge in [0.2, 0.25) is 10.0 Å². The Kier molecular flexibility index (Phi) is 7.28. The summed E-state index contributed by atoms with van der Waals surface area (Å²) in [6.07, 6.45) is 5.18. The van der Waals surface area contributed by atoms with E-state index < -0.39 is 10.0 Å². The van der Waals surface area contributed by atoms with Crippen LogP contribution in [0.25, 0.3) is 0 Å². The molecule has 4 rings (SSSR count). The number of piperidine rings is 1. The number of sulfonamides is 1. The zero-order valence-corrected chi connectivity index (χ0v) is 19.6. The zero-order valence-electron chi connectivity index (χ0n) is 18.8.